The maximum atomic E-state index is 12.6. The highest BCUT2D eigenvalue weighted by atomic mass is 31.2. The SMILES string of the molecule is CC/C=C\C/C=C\C/C=C\C/C=C\CCCCCOCC(COP(=O)(O)OCC(N)C(=O)O)OC(=O)CCCCCCCCC/C=C\CCCCCCCC. The molecular weight excluding hydrogens is 717 g/mol. The van der Waals surface area contributed by atoms with Crippen LogP contribution in [0.5, 0.6) is 0 Å². The van der Waals surface area contributed by atoms with Crippen molar-refractivity contribution in [2.45, 2.75) is 180 Å². The van der Waals surface area contributed by atoms with Gasteiger partial charge in [-0.15, -0.1) is 0 Å². The van der Waals surface area contributed by atoms with Gasteiger partial charge >= 0.3 is 19.8 Å². The number of carbonyl (C=O) groups is 2. The largest absolute Gasteiger partial charge is 0.480 e. The number of nitrogens with two attached hydrogens (primary N) is 1. The summed E-state index contributed by atoms with van der Waals surface area (Å²) >= 11 is 0. The van der Waals surface area contributed by atoms with Gasteiger partial charge in [-0.05, 0) is 77.0 Å². The van der Waals surface area contributed by atoms with Gasteiger partial charge in [-0.1, -0.05) is 145 Å². The molecule has 3 atom stereocenters. The molecule has 0 spiro atoms. The van der Waals surface area contributed by atoms with Crippen LogP contribution in [0.3, 0.4) is 0 Å². The summed E-state index contributed by atoms with van der Waals surface area (Å²) in [4.78, 5) is 33.5. The second-order valence-corrected chi connectivity index (χ2v) is 15.5. The van der Waals surface area contributed by atoms with Gasteiger partial charge in [0, 0.05) is 13.0 Å². The van der Waals surface area contributed by atoms with Crippen LogP contribution in [-0.2, 0) is 32.7 Å². The summed E-state index contributed by atoms with van der Waals surface area (Å²) in [5.74, 6) is -1.80. The van der Waals surface area contributed by atoms with E-state index >= 15 is 0 Å². The third-order valence-corrected chi connectivity index (χ3v) is 9.73. The Morgan fingerprint density at radius 3 is 1.60 bits per heavy atom. The molecule has 0 aromatic heterocycles. The molecule has 0 fully saturated rings. The van der Waals surface area contributed by atoms with Crippen molar-refractivity contribution < 1.29 is 42.7 Å². The summed E-state index contributed by atoms with van der Waals surface area (Å²) in [6.07, 6.45) is 47.0. The summed E-state index contributed by atoms with van der Waals surface area (Å²) in [5.41, 5.74) is 5.35. The van der Waals surface area contributed by atoms with Crippen LogP contribution < -0.4 is 5.73 Å². The summed E-state index contributed by atoms with van der Waals surface area (Å²) < 4.78 is 33.3. The Morgan fingerprint density at radius 2 is 1.05 bits per heavy atom. The van der Waals surface area contributed by atoms with E-state index in [-0.39, 0.29) is 13.0 Å². The lowest BCUT2D eigenvalue weighted by molar-refractivity contribution is -0.154. The van der Waals surface area contributed by atoms with Gasteiger partial charge in [0.25, 0.3) is 0 Å². The third-order valence-electron chi connectivity index (χ3n) is 8.78. The third kappa shape index (κ3) is 39.7. The first-order valence-electron chi connectivity index (χ1n) is 21.3. The first-order chi connectivity index (χ1) is 26.7. The van der Waals surface area contributed by atoms with E-state index in [4.69, 9.17) is 29.4 Å². The predicted octanol–water partition coefficient (Wildman–Crippen LogP) is 11.6. The Hall–Kier alpha value is -2.33. The van der Waals surface area contributed by atoms with Gasteiger partial charge in [-0.2, -0.15) is 0 Å². The zero-order valence-corrected chi connectivity index (χ0v) is 35.4. The quantitative estimate of drug-likeness (QED) is 0.0236. The first-order valence-corrected chi connectivity index (χ1v) is 22.8. The molecule has 0 aliphatic carbocycles. The maximum Gasteiger partial charge on any atom is 0.472 e. The Bertz CT molecular complexity index is 1100. The van der Waals surface area contributed by atoms with Crippen molar-refractivity contribution in [3.8, 4) is 0 Å². The van der Waals surface area contributed by atoms with E-state index in [9.17, 15) is 19.0 Å². The summed E-state index contributed by atoms with van der Waals surface area (Å²) in [6, 6.07) is -1.48. The Kier molecular flexibility index (Phi) is 38.2. The molecule has 0 radical (unpaired) electrons. The minimum absolute atomic E-state index is 0.00845. The first kappa shape index (κ1) is 52.7. The van der Waals surface area contributed by atoms with E-state index in [2.05, 4.69) is 74.6 Å². The highest BCUT2D eigenvalue weighted by Crippen LogP contribution is 2.43. The van der Waals surface area contributed by atoms with Gasteiger partial charge in [0.2, 0.25) is 0 Å². The number of hydrogen-bond acceptors (Lipinski definition) is 8. The van der Waals surface area contributed by atoms with E-state index in [0.29, 0.717) is 13.0 Å². The lowest BCUT2D eigenvalue weighted by Crippen LogP contribution is -2.34. The van der Waals surface area contributed by atoms with Crippen LogP contribution in [0.25, 0.3) is 0 Å². The second-order valence-electron chi connectivity index (χ2n) is 14.1. The van der Waals surface area contributed by atoms with Gasteiger partial charge in [-0.3, -0.25) is 18.6 Å². The smallest absolute Gasteiger partial charge is 0.472 e. The van der Waals surface area contributed by atoms with Crippen LogP contribution in [0, 0.1) is 0 Å². The number of rotatable bonds is 40. The minimum atomic E-state index is -4.63. The van der Waals surface area contributed by atoms with Crippen LogP contribution in [0.15, 0.2) is 60.8 Å². The van der Waals surface area contributed by atoms with Crippen LogP contribution >= 0.6 is 7.82 Å². The van der Waals surface area contributed by atoms with E-state index in [1.807, 2.05) is 0 Å². The van der Waals surface area contributed by atoms with E-state index in [1.165, 1.54) is 64.2 Å². The molecule has 0 bridgehead atoms. The number of phosphoric acid groups is 1. The highest BCUT2D eigenvalue weighted by Gasteiger charge is 2.27. The van der Waals surface area contributed by atoms with Crippen molar-refractivity contribution >= 4 is 19.8 Å². The zero-order valence-electron chi connectivity index (χ0n) is 34.5. The Morgan fingerprint density at radius 1 is 0.600 bits per heavy atom. The molecule has 0 saturated carbocycles. The number of carboxylic acids is 1. The lowest BCUT2D eigenvalue weighted by atomic mass is 10.1. The molecule has 0 aliphatic heterocycles. The molecule has 0 heterocycles. The fraction of sp³-hybridized carbons (Fsp3) is 0.727. The number of phosphoric ester groups is 1. The summed E-state index contributed by atoms with van der Waals surface area (Å²) in [6.45, 7) is 3.67. The van der Waals surface area contributed by atoms with E-state index < -0.39 is 45.1 Å². The average Bonchev–Trinajstić information content (AvgIpc) is 3.16. The zero-order chi connectivity index (χ0) is 40.5. The molecule has 3 unspecified atom stereocenters. The molecule has 10 nitrogen and oxygen atoms in total. The fourth-order valence-corrected chi connectivity index (χ4v) is 6.25. The van der Waals surface area contributed by atoms with Crippen molar-refractivity contribution in [3.05, 3.63) is 60.8 Å². The average molecular weight is 796 g/mol. The van der Waals surface area contributed by atoms with Gasteiger partial charge in [0.05, 0.1) is 19.8 Å². The molecule has 318 valence electrons. The Labute approximate surface area is 334 Å². The van der Waals surface area contributed by atoms with Gasteiger partial charge in [0.1, 0.15) is 12.1 Å². The van der Waals surface area contributed by atoms with Crippen molar-refractivity contribution in [1.82, 2.24) is 0 Å². The number of ether oxygens (including phenoxy) is 2. The topological polar surface area (TPSA) is 155 Å². The predicted molar refractivity (Wildman–Crippen MR) is 226 cm³/mol. The van der Waals surface area contributed by atoms with Gasteiger partial charge in [0.15, 0.2) is 0 Å². The number of unbranched alkanes of at least 4 members (excludes halogenated alkanes) is 16. The van der Waals surface area contributed by atoms with Crippen LogP contribution in [0.4, 0.5) is 0 Å². The van der Waals surface area contributed by atoms with Crippen LogP contribution in [-0.4, -0.2) is 60.5 Å². The number of aliphatic carboxylic acids is 1. The van der Waals surface area contributed by atoms with Crippen molar-refractivity contribution in [1.29, 1.82) is 0 Å². The molecule has 4 N–H and O–H groups in total. The lowest BCUT2D eigenvalue weighted by Gasteiger charge is -2.20. The van der Waals surface area contributed by atoms with Crippen molar-refractivity contribution in [3.63, 3.8) is 0 Å². The molecule has 0 aromatic rings. The van der Waals surface area contributed by atoms with Crippen LogP contribution in [0.1, 0.15) is 168 Å². The van der Waals surface area contributed by atoms with Gasteiger partial charge < -0.3 is 25.2 Å². The number of carboxylic acid groups (broad SMARTS) is 1. The molecule has 11 heteroatoms. The van der Waals surface area contributed by atoms with E-state index in [1.54, 1.807) is 0 Å². The number of carbonyl (C=O) groups excluding carboxylic acids is 1. The molecule has 0 saturated heterocycles. The monoisotopic (exact) mass is 796 g/mol. The maximum absolute atomic E-state index is 12.6. The summed E-state index contributed by atoms with van der Waals surface area (Å²) in [7, 11) is -4.63. The Balaban J connectivity index is 4.32. The highest BCUT2D eigenvalue weighted by molar-refractivity contribution is 7.47. The number of hydrogen-bond donors (Lipinski definition) is 3. The molecule has 0 aliphatic rings. The minimum Gasteiger partial charge on any atom is -0.480 e. The number of allylic oxidation sites excluding steroid dienone is 10. The standard InChI is InChI=1S/C44H78NO9P/c1-3-5-7-9-11-13-15-17-19-21-22-24-26-28-30-32-34-36-43(46)54-41(39-52-55(49,50)53-40-42(45)44(47)48)38-51-37-35-33-31-29-27-25-23-20-18-16-14-12-10-8-6-4-2/h6,8,12,14,17-20,25,27,41-42H,3-5,7,9-11,13,15-16,21-24,26,28-40,45H2,1-2H3,(H,47,48)(H,49,50)/b8-6-,14-12-,19-17-,20-18-,27-25-. The molecule has 0 aromatic carbocycles. The fourth-order valence-electron chi connectivity index (χ4n) is 5.47. The van der Waals surface area contributed by atoms with Gasteiger partial charge in [-0.25, -0.2) is 4.57 Å². The molecule has 0 rings (SSSR count). The molecular formula is C44H78NO9P. The number of esters is 1. The van der Waals surface area contributed by atoms with Crippen LogP contribution in [0.2, 0.25) is 0 Å². The second kappa shape index (κ2) is 39.9. The molecule has 0 amide bonds. The van der Waals surface area contributed by atoms with Crippen molar-refractivity contribution in [2.24, 2.45) is 5.73 Å². The van der Waals surface area contributed by atoms with E-state index in [0.717, 1.165) is 77.0 Å². The molecule has 55 heavy (non-hydrogen) atoms. The van der Waals surface area contributed by atoms with Crippen molar-refractivity contribution in [2.75, 3.05) is 26.4 Å². The normalized spacial score (nSPS) is 14.5. The summed E-state index contributed by atoms with van der Waals surface area (Å²) in [5, 5.41) is 8.89.